The van der Waals surface area contributed by atoms with Gasteiger partial charge in [-0.1, -0.05) is 188 Å². The van der Waals surface area contributed by atoms with Crippen LogP contribution in [0.4, 0.5) is 17.1 Å². The molecule has 0 aliphatic heterocycles. The molecule has 1 nitrogen and oxygen atoms in total. The van der Waals surface area contributed by atoms with Crippen molar-refractivity contribution in [2.45, 2.75) is 5.41 Å². The molecule has 0 heterocycles. The van der Waals surface area contributed by atoms with Crippen LogP contribution in [0.5, 0.6) is 0 Å². The summed E-state index contributed by atoms with van der Waals surface area (Å²) < 4.78 is 0. The summed E-state index contributed by atoms with van der Waals surface area (Å²) in [6.07, 6.45) is 0. The largest absolute Gasteiger partial charge is 0.309 e. The lowest BCUT2D eigenvalue weighted by Crippen LogP contribution is -2.26. The summed E-state index contributed by atoms with van der Waals surface area (Å²) in [5.41, 5.74) is 18.4. The Labute approximate surface area is 338 Å². The Morgan fingerprint density at radius 3 is 1.53 bits per heavy atom. The van der Waals surface area contributed by atoms with Gasteiger partial charge in [-0.05, 0) is 114 Å². The second kappa shape index (κ2) is 12.8. The Hall–Kier alpha value is -7.48. The van der Waals surface area contributed by atoms with Crippen molar-refractivity contribution in [3.8, 4) is 44.5 Å². The van der Waals surface area contributed by atoms with E-state index in [1.165, 1.54) is 94.0 Å². The Morgan fingerprint density at radius 1 is 0.293 bits per heavy atom. The van der Waals surface area contributed by atoms with Crippen molar-refractivity contribution in [1.29, 1.82) is 0 Å². The molecule has 1 heteroatoms. The first-order valence-corrected chi connectivity index (χ1v) is 20.2. The third kappa shape index (κ3) is 4.71. The summed E-state index contributed by atoms with van der Waals surface area (Å²) in [5.74, 6) is 0. The minimum Gasteiger partial charge on any atom is -0.309 e. The molecule has 0 radical (unpaired) electrons. The van der Waals surface area contributed by atoms with Crippen LogP contribution in [0.1, 0.15) is 22.3 Å². The van der Waals surface area contributed by atoms with E-state index in [0.29, 0.717) is 0 Å². The molecule has 0 N–H and O–H groups in total. The molecule has 10 aromatic carbocycles. The summed E-state index contributed by atoms with van der Waals surface area (Å²) in [4.78, 5) is 2.51. The maximum Gasteiger partial charge on any atom is 0.0726 e. The molecule has 10 aromatic rings. The molecule has 0 fully saturated rings. The van der Waals surface area contributed by atoms with E-state index >= 15 is 0 Å². The lowest BCUT2D eigenvalue weighted by Gasteiger charge is -2.32. The van der Waals surface area contributed by atoms with Crippen LogP contribution in [0.2, 0.25) is 0 Å². The predicted molar refractivity (Wildman–Crippen MR) is 243 cm³/mol. The highest BCUT2D eigenvalue weighted by Gasteiger charge is 2.52. The van der Waals surface area contributed by atoms with Gasteiger partial charge in [-0.3, -0.25) is 0 Å². The minimum absolute atomic E-state index is 0.425. The Morgan fingerprint density at radius 2 is 0.793 bits per heavy atom. The SMILES string of the molecule is c1ccc(-c2ccc(N(c3cccc4c3-c3ccccc3C43c4ccccc4-c4ccccc43)c3cccc4cc(-c5ccc6ccccc6c5)ccc34)cc2)cc1. The van der Waals surface area contributed by atoms with Gasteiger partial charge in [-0.15, -0.1) is 0 Å². The first-order chi connectivity index (χ1) is 28.8. The van der Waals surface area contributed by atoms with Crippen LogP contribution >= 0.6 is 0 Å². The quantitative estimate of drug-likeness (QED) is 0.170. The second-order valence-electron chi connectivity index (χ2n) is 15.6. The smallest absolute Gasteiger partial charge is 0.0726 e. The number of benzene rings is 10. The zero-order chi connectivity index (χ0) is 38.2. The summed E-state index contributed by atoms with van der Waals surface area (Å²) >= 11 is 0. The van der Waals surface area contributed by atoms with Crippen molar-refractivity contribution in [1.82, 2.24) is 0 Å². The van der Waals surface area contributed by atoms with Crippen molar-refractivity contribution in [2.24, 2.45) is 0 Å². The van der Waals surface area contributed by atoms with E-state index in [1.807, 2.05) is 0 Å². The van der Waals surface area contributed by atoms with E-state index in [1.54, 1.807) is 0 Å². The van der Waals surface area contributed by atoms with Gasteiger partial charge in [0.1, 0.15) is 0 Å². The number of hydrogen-bond donors (Lipinski definition) is 0. The van der Waals surface area contributed by atoms with Gasteiger partial charge in [0, 0.05) is 16.6 Å². The molecule has 0 aromatic heterocycles. The highest BCUT2D eigenvalue weighted by atomic mass is 15.1. The molecule has 270 valence electrons. The summed E-state index contributed by atoms with van der Waals surface area (Å²) in [6, 6.07) is 83.1. The van der Waals surface area contributed by atoms with Gasteiger partial charge in [-0.2, -0.15) is 0 Å². The minimum atomic E-state index is -0.425. The van der Waals surface area contributed by atoms with E-state index in [9.17, 15) is 0 Å². The van der Waals surface area contributed by atoms with Gasteiger partial charge >= 0.3 is 0 Å². The highest BCUT2D eigenvalue weighted by Crippen LogP contribution is 2.64. The average Bonchev–Trinajstić information content (AvgIpc) is 3.77. The summed E-state index contributed by atoms with van der Waals surface area (Å²) in [5, 5.41) is 4.92. The molecule has 0 amide bonds. The molecule has 0 atom stereocenters. The van der Waals surface area contributed by atoms with Crippen LogP contribution in [0.15, 0.2) is 224 Å². The summed E-state index contributed by atoms with van der Waals surface area (Å²) in [7, 11) is 0. The van der Waals surface area contributed by atoms with Crippen molar-refractivity contribution >= 4 is 38.6 Å². The molecule has 0 unspecified atom stereocenters. The molecular formula is C57H37N. The third-order valence-corrected chi connectivity index (χ3v) is 12.7. The molecule has 2 aliphatic rings. The van der Waals surface area contributed by atoms with Crippen LogP contribution in [0, 0.1) is 0 Å². The lowest BCUT2D eigenvalue weighted by molar-refractivity contribution is 0.794. The van der Waals surface area contributed by atoms with Crippen molar-refractivity contribution < 1.29 is 0 Å². The van der Waals surface area contributed by atoms with Crippen LogP contribution < -0.4 is 4.90 Å². The van der Waals surface area contributed by atoms with Crippen LogP contribution in [0.25, 0.3) is 66.1 Å². The number of nitrogens with zero attached hydrogens (tertiary/aromatic N) is 1. The van der Waals surface area contributed by atoms with E-state index in [2.05, 4.69) is 229 Å². The van der Waals surface area contributed by atoms with E-state index in [0.717, 1.165) is 11.4 Å². The van der Waals surface area contributed by atoms with E-state index < -0.39 is 5.41 Å². The maximum absolute atomic E-state index is 2.51. The van der Waals surface area contributed by atoms with E-state index in [4.69, 9.17) is 0 Å². The fourth-order valence-corrected chi connectivity index (χ4v) is 10.2. The molecule has 0 saturated heterocycles. The van der Waals surface area contributed by atoms with Gasteiger partial charge < -0.3 is 4.90 Å². The van der Waals surface area contributed by atoms with Gasteiger partial charge in [-0.25, -0.2) is 0 Å². The van der Waals surface area contributed by atoms with Crippen molar-refractivity contribution in [3.05, 3.63) is 247 Å². The molecule has 12 rings (SSSR count). The normalized spacial score (nSPS) is 13.0. The van der Waals surface area contributed by atoms with Gasteiger partial charge in [0.15, 0.2) is 0 Å². The Kier molecular flexibility index (Phi) is 7.21. The monoisotopic (exact) mass is 735 g/mol. The summed E-state index contributed by atoms with van der Waals surface area (Å²) in [6.45, 7) is 0. The van der Waals surface area contributed by atoms with Crippen molar-refractivity contribution in [2.75, 3.05) is 4.90 Å². The number of anilines is 3. The molecular weight excluding hydrogens is 699 g/mol. The molecule has 0 saturated carbocycles. The second-order valence-corrected chi connectivity index (χ2v) is 15.6. The average molecular weight is 736 g/mol. The fourth-order valence-electron chi connectivity index (χ4n) is 10.2. The molecule has 2 aliphatic carbocycles. The highest BCUT2D eigenvalue weighted by molar-refractivity contribution is 6.06. The Bertz CT molecular complexity index is 3180. The number of fused-ring (bicyclic) bond motifs is 12. The van der Waals surface area contributed by atoms with E-state index in [-0.39, 0.29) is 0 Å². The molecule has 58 heavy (non-hydrogen) atoms. The number of hydrogen-bond acceptors (Lipinski definition) is 1. The molecule has 0 bridgehead atoms. The first kappa shape index (κ1) is 32.7. The van der Waals surface area contributed by atoms with Crippen molar-refractivity contribution in [3.63, 3.8) is 0 Å². The fraction of sp³-hybridized carbons (Fsp3) is 0.0175. The first-order valence-electron chi connectivity index (χ1n) is 20.2. The van der Waals surface area contributed by atoms with Crippen LogP contribution in [-0.4, -0.2) is 0 Å². The standard InChI is InChI=1S/C57H37N/c1-2-14-38(15-3-1)40-30-33-45(34-31-40)58(54-26-12-18-44-37-43(32-35-46(44)54)42-29-28-39-16-4-5-17-41(39)36-42)55-27-13-25-53-56(55)49-21-8-11-24-52(49)57(53)50-22-9-6-19-47(50)48-20-7-10-23-51(48)57/h1-37H. The Balaban J connectivity index is 1.10. The predicted octanol–water partition coefficient (Wildman–Crippen LogP) is 15.1. The van der Waals surface area contributed by atoms with Gasteiger partial charge in [0.25, 0.3) is 0 Å². The van der Waals surface area contributed by atoms with Gasteiger partial charge in [0.05, 0.1) is 16.8 Å². The maximum atomic E-state index is 2.51. The number of rotatable bonds is 5. The zero-order valence-corrected chi connectivity index (χ0v) is 31.8. The third-order valence-electron chi connectivity index (χ3n) is 12.7. The zero-order valence-electron chi connectivity index (χ0n) is 31.8. The van der Waals surface area contributed by atoms with Gasteiger partial charge in [0.2, 0.25) is 0 Å². The van der Waals surface area contributed by atoms with Crippen LogP contribution in [0.3, 0.4) is 0 Å². The lowest BCUT2D eigenvalue weighted by atomic mass is 9.70. The molecule has 1 spiro atoms. The van der Waals surface area contributed by atoms with Crippen LogP contribution in [-0.2, 0) is 5.41 Å². The topological polar surface area (TPSA) is 3.24 Å².